The molecule has 9 nitrogen and oxygen atoms in total. The summed E-state index contributed by atoms with van der Waals surface area (Å²) in [6.07, 6.45) is 6.80. The molecule has 0 spiro atoms. The minimum Gasteiger partial charge on any atom is -0.456 e. The lowest BCUT2D eigenvalue weighted by atomic mass is 9.49. The van der Waals surface area contributed by atoms with Gasteiger partial charge in [0.2, 0.25) is 15.9 Å². The molecule has 2 heterocycles. The number of carbonyl (C=O) groups excluding carboxylic acids is 2. The Labute approximate surface area is 243 Å². The first-order valence-electron chi connectivity index (χ1n) is 14.4. The van der Waals surface area contributed by atoms with Gasteiger partial charge in [0.1, 0.15) is 17.2 Å². The molecule has 3 aromatic rings. The molecular weight excluding hydrogens is 562 g/mol. The molecule has 5 aliphatic rings. The third-order valence-electron chi connectivity index (χ3n) is 9.92. The predicted octanol–water partition coefficient (Wildman–Crippen LogP) is 5.13. The van der Waals surface area contributed by atoms with E-state index >= 15 is 0 Å². The molecule has 4 bridgehead atoms. The number of anilines is 1. The molecule has 4 saturated carbocycles. The summed E-state index contributed by atoms with van der Waals surface area (Å²) in [5.74, 6) is 1.92. The number of furan rings is 1. The molecule has 1 aliphatic heterocycles. The molecule has 1 aromatic heterocycles. The van der Waals surface area contributed by atoms with E-state index in [0.29, 0.717) is 45.7 Å². The number of carbonyl (C=O) groups is 2. The zero-order chi connectivity index (χ0) is 28.7. The van der Waals surface area contributed by atoms with Crippen molar-refractivity contribution in [1.82, 2.24) is 9.79 Å². The number of thioether (sulfide) groups is 1. The van der Waals surface area contributed by atoms with Crippen LogP contribution in [0, 0.1) is 23.2 Å². The summed E-state index contributed by atoms with van der Waals surface area (Å²) in [5, 5.41) is 13.9. The molecule has 0 radical (unpaired) electrons. The van der Waals surface area contributed by atoms with Gasteiger partial charge in [0, 0.05) is 39.6 Å². The number of hydrogen-bond donors (Lipinski definition) is 3. The largest absolute Gasteiger partial charge is 0.456 e. The number of amides is 2. The second-order valence-corrected chi connectivity index (χ2v) is 16.7. The van der Waals surface area contributed by atoms with Gasteiger partial charge in [0.15, 0.2) is 0 Å². The summed E-state index contributed by atoms with van der Waals surface area (Å²) in [6.45, 7) is 3.74. The van der Waals surface area contributed by atoms with Gasteiger partial charge in [-0.1, -0.05) is 0 Å². The second-order valence-electron chi connectivity index (χ2n) is 13.1. The van der Waals surface area contributed by atoms with Crippen LogP contribution in [0.5, 0.6) is 0 Å². The fourth-order valence-corrected chi connectivity index (χ4v) is 11.6. The first-order chi connectivity index (χ1) is 19.5. The van der Waals surface area contributed by atoms with Crippen LogP contribution >= 0.6 is 11.8 Å². The van der Waals surface area contributed by atoms with Crippen LogP contribution in [0.15, 0.2) is 45.7 Å². The van der Waals surface area contributed by atoms with Gasteiger partial charge in [-0.05, 0) is 100 Å². The number of nitrogens with zero attached hydrogens (tertiary/aromatic N) is 1. The Bertz CT molecular complexity index is 1640. The normalized spacial score (nSPS) is 31.0. The van der Waals surface area contributed by atoms with E-state index in [9.17, 15) is 23.2 Å². The third-order valence-corrected chi connectivity index (χ3v) is 13.1. The first kappa shape index (κ1) is 27.2. The molecule has 218 valence electrons. The van der Waals surface area contributed by atoms with Gasteiger partial charge in [0.05, 0.1) is 10.3 Å². The standard InChI is InChI=1S/C30H35N3O6S2/c1-29(2)26(27(34)32-36)33(7-8-40-29)41(37,38)21-4-6-24-23(13-21)22-5-3-20(12-25(22)39-24)31-28(35)30-14-17-9-18(15-30)11-19(10-17)16-30/h3-6,12-13,17-19,26,36H,7-11,14-16H2,1-2H3,(H,31,35)(H,32,34). The monoisotopic (exact) mass is 597 g/mol. The van der Waals surface area contributed by atoms with Crippen molar-refractivity contribution in [2.45, 2.75) is 68.1 Å². The number of rotatable bonds is 5. The Balaban J connectivity index is 1.18. The summed E-state index contributed by atoms with van der Waals surface area (Å²) in [6, 6.07) is 9.13. The van der Waals surface area contributed by atoms with Gasteiger partial charge in [-0.3, -0.25) is 14.8 Å². The van der Waals surface area contributed by atoms with Gasteiger partial charge < -0.3 is 9.73 Å². The zero-order valence-corrected chi connectivity index (χ0v) is 24.8. The fraction of sp³-hybridized carbons (Fsp3) is 0.533. The summed E-state index contributed by atoms with van der Waals surface area (Å²) < 4.78 is 34.2. The van der Waals surface area contributed by atoms with Crippen molar-refractivity contribution in [3.05, 3.63) is 36.4 Å². The highest BCUT2D eigenvalue weighted by Gasteiger charge is 2.54. The fourth-order valence-electron chi connectivity index (χ4n) is 8.50. The molecule has 4 aliphatic carbocycles. The summed E-state index contributed by atoms with van der Waals surface area (Å²) in [7, 11) is -4.07. The number of nitrogens with one attached hydrogen (secondary N) is 2. The average Bonchev–Trinajstić information content (AvgIpc) is 3.28. The van der Waals surface area contributed by atoms with Crippen molar-refractivity contribution < 1.29 is 27.6 Å². The summed E-state index contributed by atoms with van der Waals surface area (Å²) in [5.41, 5.74) is 3.16. The number of fused-ring (bicyclic) bond motifs is 3. The highest BCUT2D eigenvalue weighted by molar-refractivity contribution is 8.01. The maximum Gasteiger partial charge on any atom is 0.263 e. The topological polar surface area (TPSA) is 129 Å². The van der Waals surface area contributed by atoms with E-state index in [4.69, 9.17) is 4.42 Å². The van der Waals surface area contributed by atoms with Crippen molar-refractivity contribution in [2.24, 2.45) is 23.2 Å². The Morgan fingerprint density at radius 1 is 0.976 bits per heavy atom. The van der Waals surface area contributed by atoms with Gasteiger partial charge in [0.25, 0.3) is 5.91 Å². The molecule has 2 amide bonds. The van der Waals surface area contributed by atoms with Crippen LogP contribution in [0.3, 0.4) is 0 Å². The zero-order valence-electron chi connectivity index (χ0n) is 23.2. The van der Waals surface area contributed by atoms with Crippen molar-refractivity contribution in [1.29, 1.82) is 0 Å². The van der Waals surface area contributed by atoms with Crippen LogP contribution in [0.4, 0.5) is 5.69 Å². The van der Waals surface area contributed by atoms with Gasteiger partial charge in [-0.25, -0.2) is 13.9 Å². The predicted molar refractivity (Wildman–Crippen MR) is 157 cm³/mol. The number of hydroxylamine groups is 1. The highest BCUT2D eigenvalue weighted by atomic mass is 32.2. The Morgan fingerprint density at radius 2 is 1.66 bits per heavy atom. The number of hydrogen-bond acceptors (Lipinski definition) is 7. The van der Waals surface area contributed by atoms with E-state index in [2.05, 4.69) is 5.32 Å². The summed E-state index contributed by atoms with van der Waals surface area (Å²) >= 11 is 1.49. The Hall–Kier alpha value is -2.60. The lowest BCUT2D eigenvalue weighted by molar-refractivity contribution is -0.140. The number of benzene rings is 2. The molecule has 1 unspecified atom stereocenters. The molecule has 1 saturated heterocycles. The van der Waals surface area contributed by atoms with E-state index in [1.807, 2.05) is 18.2 Å². The van der Waals surface area contributed by atoms with E-state index in [1.165, 1.54) is 41.4 Å². The molecule has 3 N–H and O–H groups in total. The average molecular weight is 598 g/mol. The molecule has 8 rings (SSSR count). The van der Waals surface area contributed by atoms with Crippen LogP contribution in [-0.4, -0.2) is 52.8 Å². The van der Waals surface area contributed by atoms with Crippen molar-refractivity contribution in [3.8, 4) is 0 Å². The van der Waals surface area contributed by atoms with Crippen LogP contribution in [0.25, 0.3) is 21.9 Å². The second kappa shape index (κ2) is 9.45. The summed E-state index contributed by atoms with van der Waals surface area (Å²) in [4.78, 5) is 26.2. The molecule has 5 fully saturated rings. The first-order valence-corrected chi connectivity index (χ1v) is 16.8. The number of sulfonamides is 1. The lowest BCUT2D eigenvalue weighted by Gasteiger charge is -2.55. The smallest absolute Gasteiger partial charge is 0.263 e. The quantitative estimate of drug-likeness (QED) is 0.275. The van der Waals surface area contributed by atoms with E-state index in [1.54, 1.807) is 31.5 Å². The van der Waals surface area contributed by atoms with E-state index in [0.717, 1.165) is 24.6 Å². The van der Waals surface area contributed by atoms with Crippen molar-refractivity contribution >= 4 is 61.2 Å². The van der Waals surface area contributed by atoms with Crippen molar-refractivity contribution in [3.63, 3.8) is 0 Å². The molecule has 1 atom stereocenters. The molecule has 2 aromatic carbocycles. The Kier molecular flexibility index (Phi) is 6.28. The third kappa shape index (κ3) is 4.38. The maximum atomic E-state index is 13.8. The van der Waals surface area contributed by atoms with Crippen LogP contribution in [-0.2, 0) is 19.6 Å². The minimum absolute atomic E-state index is 0.0466. The molecule has 41 heavy (non-hydrogen) atoms. The van der Waals surface area contributed by atoms with Crippen molar-refractivity contribution in [2.75, 3.05) is 17.6 Å². The van der Waals surface area contributed by atoms with Gasteiger partial charge in [-0.2, -0.15) is 16.1 Å². The van der Waals surface area contributed by atoms with Crippen LogP contribution in [0.1, 0.15) is 52.4 Å². The van der Waals surface area contributed by atoms with Gasteiger partial charge >= 0.3 is 0 Å². The van der Waals surface area contributed by atoms with E-state index < -0.39 is 26.7 Å². The van der Waals surface area contributed by atoms with E-state index in [-0.39, 0.29) is 22.8 Å². The maximum absolute atomic E-state index is 13.8. The Morgan fingerprint density at radius 3 is 2.32 bits per heavy atom. The minimum atomic E-state index is -4.07. The van der Waals surface area contributed by atoms with Gasteiger partial charge in [-0.15, -0.1) is 0 Å². The van der Waals surface area contributed by atoms with Crippen LogP contribution in [0.2, 0.25) is 0 Å². The lowest BCUT2D eigenvalue weighted by Crippen LogP contribution is -2.61. The van der Waals surface area contributed by atoms with Crippen LogP contribution < -0.4 is 10.8 Å². The SMILES string of the molecule is CC1(C)SCCN(S(=O)(=O)c2ccc3oc4cc(NC(=O)C56CC7CC(CC(C7)C5)C6)ccc4c3c2)C1C(=O)NO. The molecule has 11 heteroatoms. The highest BCUT2D eigenvalue weighted by Crippen LogP contribution is 2.60. The molecular formula is C30H35N3O6S2.